The Hall–Kier alpha value is -0.200. The van der Waals surface area contributed by atoms with Crippen molar-refractivity contribution in [3.05, 3.63) is 0 Å². The number of nitrogens with two attached hydrogens (primary N) is 1. The van der Waals surface area contributed by atoms with E-state index in [2.05, 4.69) is 16.7 Å². The van der Waals surface area contributed by atoms with Gasteiger partial charge in [0.2, 0.25) is 0 Å². The van der Waals surface area contributed by atoms with Crippen LogP contribution >= 0.6 is 0 Å². The topological polar surface area (TPSA) is 51.0 Å². The Bertz CT molecular complexity index is 242. The van der Waals surface area contributed by atoms with Crippen LogP contribution in [0.5, 0.6) is 0 Å². The molecule has 1 atom stereocenters. The molecule has 0 spiro atoms. The molecule has 2 N–H and O–H groups in total. The fourth-order valence-electron chi connectivity index (χ4n) is 3.05. The van der Waals surface area contributed by atoms with Crippen molar-refractivity contribution in [2.24, 2.45) is 5.73 Å². The summed E-state index contributed by atoms with van der Waals surface area (Å²) in [6.07, 6.45) is 4.73. The van der Waals surface area contributed by atoms with E-state index in [4.69, 9.17) is 15.2 Å². The smallest absolute Gasteiger partial charge is 0.0700 e. The van der Waals surface area contributed by atoms with Gasteiger partial charge in [0.25, 0.3) is 0 Å². The molecular formula is C16H35N3O2. The van der Waals surface area contributed by atoms with Crippen molar-refractivity contribution < 1.29 is 9.47 Å². The van der Waals surface area contributed by atoms with Crippen LogP contribution < -0.4 is 5.73 Å². The Kier molecular flexibility index (Phi) is 11.1. The first-order valence-corrected chi connectivity index (χ1v) is 8.55. The van der Waals surface area contributed by atoms with Gasteiger partial charge in [-0.15, -0.1) is 0 Å². The highest BCUT2D eigenvalue weighted by atomic mass is 16.5. The van der Waals surface area contributed by atoms with Gasteiger partial charge in [-0.1, -0.05) is 6.92 Å². The fraction of sp³-hybridized carbons (Fsp3) is 1.00. The van der Waals surface area contributed by atoms with Crippen LogP contribution in [-0.4, -0.2) is 82.0 Å². The molecule has 21 heavy (non-hydrogen) atoms. The van der Waals surface area contributed by atoms with E-state index in [9.17, 15) is 0 Å². The summed E-state index contributed by atoms with van der Waals surface area (Å²) in [7, 11) is 1.71. The number of nitrogens with zero attached hydrogens (tertiary/aromatic N) is 2. The summed E-state index contributed by atoms with van der Waals surface area (Å²) in [6.45, 7) is 11.3. The van der Waals surface area contributed by atoms with Crippen molar-refractivity contribution >= 4 is 0 Å². The van der Waals surface area contributed by atoms with Crippen LogP contribution in [-0.2, 0) is 9.47 Å². The molecule has 0 aromatic carbocycles. The van der Waals surface area contributed by atoms with E-state index in [1.165, 1.54) is 39.0 Å². The summed E-state index contributed by atoms with van der Waals surface area (Å²) in [5.74, 6) is 0. The predicted octanol–water partition coefficient (Wildman–Crippen LogP) is 1.17. The largest absolute Gasteiger partial charge is 0.382 e. The van der Waals surface area contributed by atoms with E-state index in [1.54, 1.807) is 7.11 Å². The van der Waals surface area contributed by atoms with Crippen LogP contribution in [0.15, 0.2) is 0 Å². The molecule has 0 saturated carbocycles. The molecule has 1 unspecified atom stereocenters. The summed E-state index contributed by atoms with van der Waals surface area (Å²) in [5, 5.41) is 0. The quantitative estimate of drug-likeness (QED) is 0.581. The molecule has 1 saturated heterocycles. The summed E-state index contributed by atoms with van der Waals surface area (Å²) >= 11 is 0. The lowest BCUT2D eigenvalue weighted by molar-refractivity contribution is 0.0653. The molecule has 0 aromatic rings. The molecule has 1 aliphatic heterocycles. The first kappa shape index (κ1) is 18.8. The molecule has 1 aliphatic rings. The Labute approximate surface area is 130 Å². The Morgan fingerprint density at radius 1 is 1.10 bits per heavy atom. The zero-order valence-electron chi connectivity index (χ0n) is 14.1. The van der Waals surface area contributed by atoms with E-state index in [0.717, 1.165) is 32.5 Å². The van der Waals surface area contributed by atoms with E-state index in [-0.39, 0.29) is 0 Å². The minimum atomic E-state index is 0.673. The number of rotatable bonds is 11. The monoisotopic (exact) mass is 301 g/mol. The predicted molar refractivity (Wildman–Crippen MR) is 87.7 cm³/mol. The van der Waals surface area contributed by atoms with Gasteiger partial charge < -0.3 is 20.1 Å². The van der Waals surface area contributed by atoms with Crippen LogP contribution in [0.3, 0.4) is 0 Å². The van der Waals surface area contributed by atoms with Crippen molar-refractivity contribution in [1.29, 1.82) is 0 Å². The fourth-order valence-corrected chi connectivity index (χ4v) is 3.05. The van der Waals surface area contributed by atoms with E-state index >= 15 is 0 Å². The van der Waals surface area contributed by atoms with E-state index < -0.39 is 0 Å². The molecule has 1 heterocycles. The van der Waals surface area contributed by atoms with Gasteiger partial charge in [-0.05, 0) is 45.3 Å². The number of methoxy groups -OCH3 is 1. The van der Waals surface area contributed by atoms with Crippen LogP contribution in [0.2, 0.25) is 0 Å². The minimum Gasteiger partial charge on any atom is -0.382 e. The van der Waals surface area contributed by atoms with Crippen molar-refractivity contribution in [2.45, 2.75) is 38.6 Å². The molecule has 5 nitrogen and oxygen atoms in total. The third-order valence-electron chi connectivity index (χ3n) is 4.31. The maximum atomic E-state index is 5.73. The highest BCUT2D eigenvalue weighted by Crippen LogP contribution is 2.12. The van der Waals surface area contributed by atoms with Crippen LogP contribution in [0.1, 0.15) is 32.6 Å². The second kappa shape index (κ2) is 12.4. The molecule has 126 valence electrons. The average Bonchev–Trinajstić information content (AvgIpc) is 2.74. The van der Waals surface area contributed by atoms with Crippen molar-refractivity contribution in [3.63, 3.8) is 0 Å². The molecule has 1 fully saturated rings. The Morgan fingerprint density at radius 2 is 1.95 bits per heavy atom. The number of ether oxygens (including phenoxy) is 2. The van der Waals surface area contributed by atoms with Crippen molar-refractivity contribution in [1.82, 2.24) is 9.80 Å². The first-order valence-electron chi connectivity index (χ1n) is 8.55. The Balaban J connectivity index is 2.16. The maximum Gasteiger partial charge on any atom is 0.0700 e. The highest BCUT2D eigenvalue weighted by Gasteiger charge is 2.20. The van der Waals surface area contributed by atoms with Gasteiger partial charge in [-0.3, -0.25) is 4.90 Å². The first-order chi connectivity index (χ1) is 10.3. The zero-order valence-corrected chi connectivity index (χ0v) is 14.1. The van der Waals surface area contributed by atoms with Crippen LogP contribution in [0.25, 0.3) is 0 Å². The summed E-state index contributed by atoms with van der Waals surface area (Å²) in [4.78, 5) is 5.22. The molecule has 1 rings (SSSR count). The second-order valence-corrected chi connectivity index (χ2v) is 5.83. The number of hydrogen-bond donors (Lipinski definition) is 1. The van der Waals surface area contributed by atoms with Crippen LogP contribution in [0.4, 0.5) is 0 Å². The van der Waals surface area contributed by atoms with Gasteiger partial charge in [0.15, 0.2) is 0 Å². The number of hydrogen-bond acceptors (Lipinski definition) is 5. The summed E-state index contributed by atoms with van der Waals surface area (Å²) < 4.78 is 10.5. The lowest BCUT2D eigenvalue weighted by Crippen LogP contribution is -2.39. The average molecular weight is 301 g/mol. The third-order valence-corrected chi connectivity index (χ3v) is 4.31. The molecule has 0 aliphatic carbocycles. The van der Waals surface area contributed by atoms with Gasteiger partial charge in [0.05, 0.1) is 13.2 Å². The van der Waals surface area contributed by atoms with Crippen molar-refractivity contribution in [2.75, 3.05) is 66.2 Å². The van der Waals surface area contributed by atoms with E-state index in [0.29, 0.717) is 19.3 Å². The maximum absolute atomic E-state index is 5.73. The second-order valence-electron chi connectivity index (χ2n) is 5.83. The van der Waals surface area contributed by atoms with Gasteiger partial charge in [-0.2, -0.15) is 0 Å². The van der Waals surface area contributed by atoms with Gasteiger partial charge >= 0.3 is 0 Å². The third kappa shape index (κ3) is 8.12. The SMILES string of the molecule is CCC(CCN)N1CCCN(CCCOCCOC)CC1. The molecule has 0 bridgehead atoms. The molecule has 0 aromatic heterocycles. The summed E-state index contributed by atoms with van der Waals surface area (Å²) in [5.41, 5.74) is 5.73. The zero-order chi connectivity index (χ0) is 15.3. The van der Waals surface area contributed by atoms with Crippen LogP contribution in [0, 0.1) is 0 Å². The molecular weight excluding hydrogens is 266 g/mol. The molecule has 0 amide bonds. The summed E-state index contributed by atoms with van der Waals surface area (Å²) in [6, 6.07) is 0.673. The molecule has 5 heteroatoms. The van der Waals surface area contributed by atoms with E-state index in [1.807, 2.05) is 0 Å². The Morgan fingerprint density at radius 3 is 2.67 bits per heavy atom. The lowest BCUT2D eigenvalue weighted by atomic mass is 10.1. The normalized spacial score (nSPS) is 19.6. The van der Waals surface area contributed by atoms with Gasteiger partial charge in [0.1, 0.15) is 0 Å². The van der Waals surface area contributed by atoms with Gasteiger partial charge in [0, 0.05) is 39.4 Å². The standard InChI is InChI=1S/C16H35N3O2/c1-3-16(6-7-17)19-10-4-8-18(11-12-19)9-5-13-21-15-14-20-2/h16H,3-15,17H2,1-2H3. The lowest BCUT2D eigenvalue weighted by Gasteiger charge is -2.29. The van der Waals surface area contributed by atoms with Crippen molar-refractivity contribution in [3.8, 4) is 0 Å². The minimum absolute atomic E-state index is 0.673. The van der Waals surface area contributed by atoms with Gasteiger partial charge in [-0.25, -0.2) is 0 Å². The highest BCUT2D eigenvalue weighted by molar-refractivity contribution is 4.76. The molecule has 0 radical (unpaired) electrons.